The van der Waals surface area contributed by atoms with Crippen molar-refractivity contribution < 1.29 is 0 Å². The van der Waals surface area contributed by atoms with Gasteiger partial charge in [-0.2, -0.15) is 0 Å². The Labute approximate surface area is 84.5 Å². The quantitative estimate of drug-likeness (QED) is 0.438. The minimum Gasteiger partial charge on any atom is -0.348 e. The van der Waals surface area contributed by atoms with Crippen molar-refractivity contribution >= 4 is 0 Å². The fourth-order valence-electron chi connectivity index (χ4n) is 1.18. The van der Waals surface area contributed by atoms with E-state index in [1.165, 1.54) is 0 Å². The first-order chi connectivity index (χ1) is 6.84. The average molecular weight is 197 g/mol. The predicted octanol–water partition coefficient (Wildman–Crippen LogP) is -0.644. The third kappa shape index (κ3) is 3.87. The van der Waals surface area contributed by atoms with E-state index in [0.29, 0.717) is 6.54 Å². The van der Waals surface area contributed by atoms with Gasteiger partial charge in [-0.25, -0.2) is 4.98 Å². The Morgan fingerprint density at radius 2 is 2.14 bits per heavy atom. The molecule has 0 aliphatic carbocycles. The van der Waals surface area contributed by atoms with Crippen LogP contribution in [0, 0.1) is 6.92 Å². The van der Waals surface area contributed by atoms with Gasteiger partial charge in [-0.05, 0) is 6.92 Å². The van der Waals surface area contributed by atoms with E-state index >= 15 is 0 Å². The van der Waals surface area contributed by atoms with Crippen molar-refractivity contribution in [1.82, 2.24) is 20.6 Å². The monoisotopic (exact) mass is 197 g/mol. The number of aromatic nitrogens is 2. The molecule has 1 aromatic rings. The van der Waals surface area contributed by atoms with Crippen LogP contribution in [0.25, 0.3) is 0 Å². The molecule has 0 spiro atoms. The lowest BCUT2D eigenvalue weighted by Crippen LogP contribution is -2.30. The lowest BCUT2D eigenvalue weighted by molar-refractivity contribution is 0.609. The van der Waals surface area contributed by atoms with Gasteiger partial charge in [-0.15, -0.1) is 0 Å². The number of aromatic amines is 1. The molecular formula is C9H19N5. The molecule has 0 aromatic carbocycles. The van der Waals surface area contributed by atoms with E-state index in [4.69, 9.17) is 5.73 Å². The maximum atomic E-state index is 5.34. The van der Waals surface area contributed by atoms with Crippen LogP contribution in [-0.2, 0) is 6.54 Å². The number of hydrogen-bond donors (Lipinski definition) is 4. The van der Waals surface area contributed by atoms with Crippen LogP contribution in [0.5, 0.6) is 0 Å². The smallest absolute Gasteiger partial charge is 0.0925 e. The molecule has 0 atom stereocenters. The van der Waals surface area contributed by atoms with Crippen molar-refractivity contribution in [2.45, 2.75) is 13.5 Å². The summed E-state index contributed by atoms with van der Waals surface area (Å²) < 4.78 is 0. The zero-order valence-corrected chi connectivity index (χ0v) is 8.64. The van der Waals surface area contributed by atoms with Crippen molar-refractivity contribution in [3.05, 3.63) is 17.7 Å². The van der Waals surface area contributed by atoms with Gasteiger partial charge in [0.2, 0.25) is 0 Å². The largest absolute Gasteiger partial charge is 0.348 e. The molecule has 5 heteroatoms. The van der Waals surface area contributed by atoms with Gasteiger partial charge in [0.15, 0.2) is 0 Å². The molecular weight excluding hydrogens is 178 g/mol. The highest BCUT2D eigenvalue weighted by Gasteiger charge is 1.98. The summed E-state index contributed by atoms with van der Waals surface area (Å²) in [6.45, 7) is 6.30. The van der Waals surface area contributed by atoms with E-state index in [-0.39, 0.29) is 0 Å². The van der Waals surface area contributed by atoms with Crippen LogP contribution in [0.3, 0.4) is 0 Å². The maximum Gasteiger partial charge on any atom is 0.0925 e. The molecule has 0 amide bonds. The minimum absolute atomic E-state index is 0.693. The minimum atomic E-state index is 0.693. The summed E-state index contributed by atoms with van der Waals surface area (Å²) in [5.41, 5.74) is 7.56. The van der Waals surface area contributed by atoms with Crippen molar-refractivity contribution in [2.75, 3.05) is 26.2 Å². The van der Waals surface area contributed by atoms with Gasteiger partial charge < -0.3 is 21.4 Å². The average Bonchev–Trinajstić information content (AvgIpc) is 2.58. The standard InChI is InChI=1S/C9H19N5/c1-8-9(14-7-13-8)6-12-5-4-11-3-2-10/h7,11-12H,2-6,10H2,1H3,(H,13,14). The Bertz CT molecular complexity index is 245. The van der Waals surface area contributed by atoms with Gasteiger partial charge in [-0.3, -0.25) is 0 Å². The molecule has 0 bridgehead atoms. The van der Waals surface area contributed by atoms with Crippen LogP contribution in [-0.4, -0.2) is 36.1 Å². The second kappa shape index (κ2) is 6.53. The number of imidazole rings is 1. The number of nitrogens with zero attached hydrogens (tertiary/aromatic N) is 1. The predicted molar refractivity (Wildman–Crippen MR) is 57.0 cm³/mol. The van der Waals surface area contributed by atoms with Crippen LogP contribution in [0.4, 0.5) is 0 Å². The number of H-pyrrole nitrogens is 1. The van der Waals surface area contributed by atoms with Crippen LogP contribution in [0.1, 0.15) is 11.4 Å². The third-order valence-corrected chi connectivity index (χ3v) is 2.03. The molecule has 14 heavy (non-hydrogen) atoms. The van der Waals surface area contributed by atoms with Crippen LogP contribution in [0.2, 0.25) is 0 Å². The van der Waals surface area contributed by atoms with E-state index in [0.717, 1.165) is 37.6 Å². The fourth-order valence-corrected chi connectivity index (χ4v) is 1.18. The Hall–Kier alpha value is -0.910. The summed E-state index contributed by atoms with van der Waals surface area (Å²) in [7, 11) is 0. The molecule has 1 rings (SSSR count). The van der Waals surface area contributed by atoms with Gasteiger partial charge in [0.05, 0.1) is 12.0 Å². The Morgan fingerprint density at radius 1 is 1.36 bits per heavy atom. The SMILES string of the molecule is Cc1[nH]cnc1CNCCNCCN. The lowest BCUT2D eigenvalue weighted by Gasteiger charge is -2.04. The van der Waals surface area contributed by atoms with Gasteiger partial charge in [-0.1, -0.05) is 0 Å². The second-order valence-electron chi connectivity index (χ2n) is 3.19. The summed E-state index contributed by atoms with van der Waals surface area (Å²) in [6, 6.07) is 0. The second-order valence-corrected chi connectivity index (χ2v) is 3.19. The van der Waals surface area contributed by atoms with E-state index in [2.05, 4.69) is 20.6 Å². The van der Waals surface area contributed by atoms with Crippen LogP contribution >= 0.6 is 0 Å². The van der Waals surface area contributed by atoms with Crippen LogP contribution < -0.4 is 16.4 Å². The first-order valence-electron chi connectivity index (χ1n) is 4.95. The van der Waals surface area contributed by atoms with Crippen molar-refractivity contribution in [3.8, 4) is 0 Å². The van der Waals surface area contributed by atoms with Crippen LogP contribution in [0.15, 0.2) is 6.33 Å². The summed E-state index contributed by atoms with van der Waals surface area (Å²) in [6.07, 6.45) is 1.72. The van der Waals surface area contributed by atoms with Crippen molar-refractivity contribution in [2.24, 2.45) is 5.73 Å². The molecule has 0 fully saturated rings. The molecule has 5 nitrogen and oxygen atoms in total. The molecule has 0 unspecified atom stereocenters. The zero-order valence-electron chi connectivity index (χ0n) is 8.64. The normalized spacial score (nSPS) is 10.7. The highest BCUT2D eigenvalue weighted by atomic mass is 15.0. The van der Waals surface area contributed by atoms with Gasteiger partial charge in [0, 0.05) is 38.4 Å². The molecule has 5 N–H and O–H groups in total. The highest BCUT2D eigenvalue weighted by molar-refractivity contribution is 5.07. The summed E-state index contributed by atoms with van der Waals surface area (Å²) >= 11 is 0. The number of nitrogens with one attached hydrogen (secondary N) is 3. The molecule has 80 valence electrons. The molecule has 1 heterocycles. The first kappa shape index (κ1) is 11.2. The number of hydrogen-bond acceptors (Lipinski definition) is 4. The van der Waals surface area contributed by atoms with Gasteiger partial charge in [0.25, 0.3) is 0 Å². The van der Waals surface area contributed by atoms with Gasteiger partial charge in [0.1, 0.15) is 0 Å². The van der Waals surface area contributed by atoms with Crippen molar-refractivity contribution in [1.29, 1.82) is 0 Å². The van der Waals surface area contributed by atoms with E-state index in [1.807, 2.05) is 6.92 Å². The number of rotatable bonds is 7. The Kier molecular flexibility index (Phi) is 5.21. The first-order valence-corrected chi connectivity index (χ1v) is 4.95. The molecule has 1 aromatic heterocycles. The maximum absolute atomic E-state index is 5.34. The molecule has 0 aliphatic heterocycles. The van der Waals surface area contributed by atoms with E-state index in [1.54, 1.807) is 6.33 Å². The Morgan fingerprint density at radius 3 is 2.79 bits per heavy atom. The molecule has 0 radical (unpaired) electrons. The zero-order chi connectivity index (χ0) is 10.2. The lowest BCUT2D eigenvalue weighted by atomic mass is 10.3. The molecule has 0 saturated carbocycles. The highest BCUT2D eigenvalue weighted by Crippen LogP contribution is 1.98. The molecule has 0 saturated heterocycles. The summed E-state index contributed by atoms with van der Waals surface area (Å²) in [5, 5.41) is 6.52. The van der Waals surface area contributed by atoms with Crippen molar-refractivity contribution in [3.63, 3.8) is 0 Å². The fraction of sp³-hybridized carbons (Fsp3) is 0.667. The number of nitrogens with two attached hydrogens (primary N) is 1. The molecule has 0 aliphatic rings. The third-order valence-electron chi connectivity index (χ3n) is 2.03. The van der Waals surface area contributed by atoms with Gasteiger partial charge >= 0.3 is 0 Å². The topological polar surface area (TPSA) is 78.8 Å². The summed E-state index contributed by atoms with van der Waals surface area (Å²) in [5.74, 6) is 0. The Balaban J connectivity index is 2.02. The summed E-state index contributed by atoms with van der Waals surface area (Å²) in [4.78, 5) is 7.24. The van der Waals surface area contributed by atoms with E-state index in [9.17, 15) is 0 Å². The number of aryl methyl sites for hydroxylation is 1. The van der Waals surface area contributed by atoms with E-state index < -0.39 is 0 Å².